The second kappa shape index (κ2) is 6.46. The van der Waals surface area contributed by atoms with Gasteiger partial charge < -0.3 is 5.32 Å². The number of nitrogens with zero attached hydrogens (tertiary/aromatic N) is 2. The average Bonchev–Trinajstić information content (AvgIpc) is 2.16. The number of unbranched alkanes of at least 4 members (excludes halogenated alkanes) is 2. The van der Waals surface area contributed by atoms with Crippen LogP contribution in [-0.4, -0.2) is 16.0 Å². The molecule has 0 aliphatic rings. The normalized spacial score (nSPS) is 12.5. The summed E-state index contributed by atoms with van der Waals surface area (Å²) in [6, 6.07) is 2.44. The van der Waals surface area contributed by atoms with Crippen molar-refractivity contribution in [3.63, 3.8) is 0 Å². The van der Waals surface area contributed by atoms with E-state index in [2.05, 4.69) is 29.1 Å². The molecular formula is C13H23N3. The van der Waals surface area contributed by atoms with Crippen molar-refractivity contribution in [2.24, 2.45) is 0 Å². The number of aryl methyl sites for hydroxylation is 2. The van der Waals surface area contributed by atoms with E-state index in [1.165, 1.54) is 25.7 Å². The zero-order chi connectivity index (χ0) is 12.0. The van der Waals surface area contributed by atoms with Crippen molar-refractivity contribution >= 4 is 5.95 Å². The maximum Gasteiger partial charge on any atom is 0.223 e. The highest BCUT2D eigenvalue weighted by molar-refractivity contribution is 5.28. The van der Waals surface area contributed by atoms with Crippen LogP contribution in [0.15, 0.2) is 6.07 Å². The maximum atomic E-state index is 4.38. The van der Waals surface area contributed by atoms with Crippen LogP contribution in [0.25, 0.3) is 0 Å². The topological polar surface area (TPSA) is 37.8 Å². The Labute approximate surface area is 98.7 Å². The van der Waals surface area contributed by atoms with E-state index in [1.54, 1.807) is 0 Å². The number of anilines is 1. The van der Waals surface area contributed by atoms with Crippen molar-refractivity contribution in [1.82, 2.24) is 9.97 Å². The van der Waals surface area contributed by atoms with Gasteiger partial charge in [0, 0.05) is 17.4 Å². The first-order valence-electron chi connectivity index (χ1n) is 6.20. The first-order chi connectivity index (χ1) is 7.61. The predicted molar refractivity (Wildman–Crippen MR) is 68.7 cm³/mol. The number of rotatable bonds is 6. The summed E-state index contributed by atoms with van der Waals surface area (Å²) in [4.78, 5) is 8.76. The standard InChI is InChI=1S/C13H23N3/c1-5-6-7-8-10(2)14-13-15-11(3)9-12(4)16-13/h9-10H,5-8H2,1-4H3,(H,14,15,16). The Bertz CT molecular complexity index is 303. The highest BCUT2D eigenvalue weighted by atomic mass is 15.1. The van der Waals surface area contributed by atoms with Gasteiger partial charge in [-0.25, -0.2) is 9.97 Å². The van der Waals surface area contributed by atoms with Gasteiger partial charge in [0.2, 0.25) is 5.95 Å². The fourth-order valence-electron chi connectivity index (χ4n) is 1.78. The highest BCUT2D eigenvalue weighted by Crippen LogP contribution is 2.09. The van der Waals surface area contributed by atoms with Gasteiger partial charge in [0.1, 0.15) is 0 Å². The Morgan fingerprint density at radius 1 is 1.19 bits per heavy atom. The molecule has 0 radical (unpaired) electrons. The average molecular weight is 221 g/mol. The molecule has 0 aromatic carbocycles. The molecule has 1 atom stereocenters. The van der Waals surface area contributed by atoms with Crippen molar-refractivity contribution in [3.8, 4) is 0 Å². The SMILES string of the molecule is CCCCCC(C)Nc1nc(C)cc(C)n1. The minimum absolute atomic E-state index is 0.452. The van der Waals surface area contributed by atoms with E-state index in [0.29, 0.717) is 6.04 Å². The van der Waals surface area contributed by atoms with E-state index in [-0.39, 0.29) is 0 Å². The molecule has 0 bridgehead atoms. The van der Waals surface area contributed by atoms with E-state index in [0.717, 1.165) is 17.3 Å². The van der Waals surface area contributed by atoms with Gasteiger partial charge >= 0.3 is 0 Å². The molecule has 0 spiro atoms. The molecule has 1 rings (SSSR count). The maximum absolute atomic E-state index is 4.38. The summed E-state index contributed by atoms with van der Waals surface area (Å²) in [5.41, 5.74) is 2.05. The zero-order valence-electron chi connectivity index (χ0n) is 10.9. The lowest BCUT2D eigenvalue weighted by atomic mass is 10.1. The first-order valence-corrected chi connectivity index (χ1v) is 6.20. The van der Waals surface area contributed by atoms with Crippen LogP contribution in [0, 0.1) is 13.8 Å². The molecule has 0 fully saturated rings. The van der Waals surface area contributed by atoms with E-state index < -0.39 is 0 Å². The van der Waals surface area contributed by atoms with Crippen molar-refractivity contribution in [1.29, 1.82) is 0 Å². The van der Waals surface area contributed by atoms with Gasteiger partial charge in [-0.1, -0.05) is 26.2 Å². The van der Waals surface area contributed by atoms with Gasteiger partial charge in [0.25, 0.3) is 0 Å². The van der Waals surface area contributed by atoms with E-state index in [9.17, 15) is 0 Å². The van der Waals surface area contributed by atoms with Crippen molar-refractivity contribution < 1.29 is 0 Å². The van der Waals surface area contributed by atoms with Crippen LogP contribution >= 0.6 is 0 Å². The molecule has 3 nitrogen and oxygen atoms in total. The molecule has 1 heterocycles. The monoisotopic (exact) mass is 221 g/mol. The third-order valence-electron chi connectivity index (χ3n) is 2.60. The largest absolute Gasteiger partial charge is 0.352 e. The summed E-state index contributed by atoms with van der Waals surface area (Å²) in [6.45, 7) is 8.42. The zero-order valence-corrected chi connectivity index (χ0v) is 10.9. The summed E-state index contributed by atoms with van der Waals surface area (Å²) in [5, 5.41) is 3.36. The number of aromatic nitrogens is 2. The fourth-order valence-corrected chi connectivity index (χ4v) is 1.78. The molecule has 1 unspecified atom stereocenters. The van der Waals surface area contributed by atoms with Gasteiger partial charge in [-0.2, -0.15) is 0 Å². The summed E-state index contributed by atoms with van der Waals surface area (Å²) in [5.74, 6) is 0.765. The molecule has 0 aliphatic heterocycles. The number of nitrogens with one attached hydrogen (secondary N) is 1. The van der Waals surface area contributed by atoms with E-state index in [4.69, 9.17) is 0 Å². The second-order valence-corrected chi connectivity index (χ2v) is 4.52. The molecule has 0 amide bonds. The Hall–Kier alpha value is -1.12. The van der Waals surface area contributed by atoms with E-state index in [1.807, 2.05) is 19.9 Å². The van der Waals surface area contributed by atoms with Crippen LogP contribution < -0.4 is 5.32 Å². The number of hydrogen-bond donors (Lipinski definition) is 1. The molecule has 3 heteroatoms. The van der Waals surface area contributed by atoms with Gasteiger partial charge in [0.15, 0.2) is 0 Å². The van der Waals surface area contributed by atoms with Crippen LogP contribution in [0.2, 0.25) is 0 Å². The minimum atomic E-state index is 0.452. The molecule has 1 aromatic rings. The van der Waals surface area contributed by atoms with Gasteiger partial charge in [-0.05, 0) is 33.3 Å². The first kappa shape index (κ1) is 12.9. The molecule has 0 aliphatic carbocycles. The molecule has 90 valence electrons. The molecule has 1 aromatic heterocycles. The fraction of sp³-hybridized carbons (Fsp3) is 0.692. The van der Waals surface area contributed by atoms with Crippen molar-refractivity contribution in [2.45, 2.75) is 59.4 Å². The Morgan fingerprint density at radius 2 is 1.81 bits per heavy atom. The van der Waals surface area contributed by atoms with E-state index >= 15 is 0 Å². The van der Waals surface area contributed by atoms with Gasteiger partial charge in [-0.3, -0.25) is 0 Å². The van der Waals surface area contributed by atoms with Gasteiger partial charge in [-0.15, -0.1) is 0 Å². The lowest BCUT2D eigenvalue weighted by molar-refractivity contribution is 0.611. The Balaban J connectivity index is 2.45. The highest BCUT2D eigenvalue weighted by Gasteiger charge is 2.04. The summed E-state index contributed by atoms with van der Waals surface area (Å²) in [6.07, 6.45) is 5.03. The summed E-state index contributed by atoms with van der Waals surface area (Å²) >= 11 is 0. The summed E-state index contributed by atoms with van der Waals surface area (Å²) in [7, 11) is 0. The van der Waals surface area contributed by atoms with Crippen LogP contribution in [0.3, 0.4) is 0 Å². The van der Waals surface area contributed by atoms with Crippen molar-refractivity contribution in [2.75, 3.05) is 5.32 Å². The van der Waals surface area contributed by atoms with Crippen LogP contribution in [-0.2, 0) is 0 Å². The minimum Gasteiger partial charge on any atom is -0.352 e. The van der Waals surface area contributed by atoms with Crippen LogP contribution in [0.5, 0.6) is 0 Å². The molecule has 1 N–H and O–H groups in total. The number of hydrogen-bond acceptors (Lipinski definition) is 3. The van der Waals surface area contributed by atoms with Gasteiger partial charge in [0.05, 0.1) is 0 Å². The quantitative estimate of drug-likeness (QED) is 0.747. The third kappa shape index (κ3) is 4.60. The Morgan fingerprint density at radius 3 is 2.38 bits per heavy atom. The lowest BCUT2D eigenvalue weighted by Crippen LogP contribution is -2.17. The van der Waals surface area contributed by atoms with Crippen LogP contribution in [0.1, 0.15) is 50.9 Å². The molecule has 0 saturated carbocycles. The molecular weight excluding hydrogens is 198 g/mol. The third-order valence-corrected chi connectivity index (χ3v) is 2.60. The Kier molecular flexibility index (Phi) is 5.23. The van der Waals surface area contributed by atoms with Crippen LogP contribution in [0.4, 0.5) is 5.95 Å². The predicted octanol–water partition coefficient (Wildman–Crippen LogP) is 3.47. The molecule has 0 saturated heterocycles. The van der Waals surface area contributed by atoms with Crippen molar-refractivity contribution in [3.05, 3.63) is 17.5 Å². The second-order valence-electron chi connectivity index (χ2n) is 4.52. The smallest absolute Gasteiger partial charge is 0.223 e. The lowest BCUT2D eigenvalue weighted by Gasteiger charge is -2.14. The molecule has 16 heavy (non-hydrogen) atoms. The summed E-state index contributed by atoms with van der Waals surface area (Å²) < 4.78 is 0.